The number of rotatable bonds is 7. The third-order valence-corrected chi connectivity index (χ3v) is 3.48. The van der Waals surface area contributed by atoms with Crippen LogP contribution in [0.1, 0.15) is 23.6 Å². The van der Waals surface area contributed by atoms with Gasteiger partial charge in [-0.2, -0.15) is 13.2 Å². The summed E-state index contributed by atoms with van der Waals surface area (Å²) < 4.78 is 43.5. The number of para-hydroxylation sites is 1. The Morgan fingerprint density at radius 1 is 1.14 bits per heavy atom. The molecule has 0 aliphatic heterocycles. The molecule has 0 heterocycles. The van der Waals surface area contributed by atoms with Crippen LogP contribution in [0.2, 0.25) is 0 Å². The number of nitrogens with zero attached hydrogens (tertiary/aromatic N) is 2. The molecule has 0 amide bonds. The van der Waals surface area contributed by atoms with E-state index in [0.717, 1.165) is 18.3 Å². The number of carbonyl (C=O) groups excluding carboxylic acids is 1. The van der Waals surface area contributed by atoms with Crippen LogP contribution in [-0.2, 0) is 27.3 Å². The van der Waals surface area contributed by atoms with E-state index in [9.17, 15) is 18.0 Å². The summed E-state index contributed by atoms with van der Waals surface area (Å²) in [5.41, 5.74) is 0.301. The molecule has 0 aliphatic rings. The number of ether oxygens (including phenoxy) is 1. The molecule has 0 saturated carbocycles. The molecular formula is C19H17F3N2O4. The van der Waals surface area contributed by atoms with E-state index in [4.69, 9.17) is 9.57 Å². The Kier molecular flexibility index (Phi) is 7.14. The smallest absolute Gasteiger partial charge is 0.416 e. The molecule has 9 heteroatoms. The zero-order valence-electron chi connectivity index (χ0n) is 15.1. The minimum atomic E-state index is -4.44. The van der Waals surface area contributed by atoms with Gasteiger partial charge in [0.2, 0.25) is 0 Å². The summed E-state index contributed by atoms with van der Waals surface area (Å²) in [6.45, 7) is 1.48. The van der Waals surface area contributed by atoms with Gasteiger partial charge in [0, 0.05) is 5.56 Å². The van der Waals surface area contributed by atoms with Crippen LogP contribution in [-0.4, -0.2) is 25.0 Å². The Bertz CT molecular complexity index is 879. The molecule has 0 N–H and O–H groups in total. The summed E-state index contributed by atoms with van der Waals surface area (Å²) in [4.78, 5) is 21.2. The molecular weight excluding hydrogens is 377 g/mol. The number of hydrogen-bond acceptors (Lipinski definition) is 6. The van der Waals surface area contributed by atoms with Crippen LogP contribution in [0.15, 0.2) is 58.8 Å². The van der Waals surface area contributed by atoms with E-state index in [1.165, 1.54) is 26.2 Å². The van der Waals surface area contributed by atoms with Gasteiger partial charge in [0.15, 0.2) is 6.21 Å². The Hall–Kier alpha value is -3.36. The Morgan fingerprint density at radius 2 is 1.89 bits per heavy atom. The quantitative estimate of drug-likeness (QED) is 0.306. The Morgan fingerprint density at radius 3 is 2.61 bits per heavy atom. The van der Waals surface area contributed by atoms with Crippen LogP contribution < -0.4 is 4.74 Å². The molecule has 0 saturated heterocycles. The van der Waals surface area contributed by atoms with Crippen molar-refractivity contribution in [1.29, 1.82) is 0 Å². The Labute approximate surface area is 159 Å². The average Bonchev–Trinajstić information content (AvgIpc) is 2.67. The molecule has 2 aromatic carbocycles. The number of halogens is 3. The summed E-state index contributed by atoms with van der Waals surface area (Å²) in [5, 5.41) is 7.15. The van der Waals surface area contributed by atoms with Gasteiger partial charge in [-0.25, -0.2) is 4.79 Å². The highest BCUT2D eigenvalue weighted by Gasteiger charge is 2.30. The minimum absolute atomic E-state index is 0.0544. The van der Waals surface area contributed by atoms with E-state index in [1.54, 1.807) is 24.3 Å². The van der Waals surface area contributed by atoms with Gasteiger partial charge in [0.05, 0.1) is 11.3 Å². The largest absolute Gasteiger partial charge is 0.422 e. The van der Waals surface area contributed by atoms with E-state index in [1.807, 2.05) is 0 Å². The molecule has 0 radical (unpaired) electrons. The number of oxime groups is 2. The molecule has 0 spiro atoms. The van der Waals surface area contributed by atoms with Gasteiger partial charge in [0.1, 0.15) is 19.5 Å². The van der Waals surface area contributed by atoms with Crippen LogP contribution in [0.5, 0.6) is 5.75 Å². The van der Waals surface area contributed by atoms with Crippen LogP contribution in [0.25, 0.3) is 0 Å². The van der Waals surface area contributed by atoms with Crippen LogP contribution in [0.3, 0.4) is 0 Å². The first-order chi connectivity index (χ1) is 13.3. The predicted octanol–water partition coefficient (Wildman–Crippen LogP) is 4.18. The van der Waals surface area contributed by atoms with Gasteiger partial charge in [0.25, 0.3) is 0 Å². The van der Waals surface area contributed by atoms with Crippen molar-refractivity contribution in [1.82, 2.24) is 0 Å². The Balaban J connectivity index is 2.06. The van der Waals surface area contributed by atoms with Crippen LogP contribution >= 0.6 is 0 Å². The normalized spacial score (nSPS) is 12.1. The van der Waals surface area contributed by atoms with Crippen LogP contribution in [0, 0.1) is 0 Å². The van der Waals surface area contributed by atoms with Gasteiger partial charge in [-0.3, -0.25) is 0 Å². The SMILES string of the molecule is CO/N=C/C(=O)Oc1ccccc1CO/N=C(\C)c1cccc(C(F)(F)F)c1. The average molecular weight is 394 g/mol. The molecule has 0 aliphatic carbocycles. The van der Waals surface area contributed by atoms with E-state index in [2.05, 4.69) is 15.1 Å². The molecule has 2 rings (SSSR count). The zero-order valence-corrected chi connectivity index (χ0v) is 15.1. The second-order valence-electron chi connectivity index (χ2n) is 5.47. The molecule has 0 bridgehead atoms. The van der Waals surface area contributed by atoms with Gasteiger partial charge in [-0.15, -0.1) is 0 Å². The van der Waals surface area contributed by atoms with E-state index >= 15 is 0 Å². The predicted molar refractivity (Wildman–Crippen MR) is 96.0 cm³/mol. The highest BCUT2D eigenvalue weighted by Crippen LogP contribution is 2.29. The van der Waals surface area contributed by atoms with E-state index < -0.39 is 17.7 Å². The second kappa shape index (κ2) is 9.54. The highest BCUT2D eigenvalue weighted by molar-refractivity contribution is 6.23. The van der Waals surface area contributed by atoms with Crippen molar-refractivity contribution in [2.24, 2.45) is 10.3 Å². The zero-order chi connectivity index (χ0) is 20.6. The van der Waals surface area contributed by atoms with Crippen molar-refractivity contribution in [3.63, 3.8) is 0 Å². The number of carbonyl (C=O) groups is 1. The fraction of sp³-hybridized carbons (Fsp3) is 0.211. The molecule has 0 aromatic heterocycles. The maximum atomic E-state index is 12.8. The van der Waals surface area contributed by atoms with Gasteiger partial charge >= 0.3 is 12.1 Å². The maximum Gasteiger partial charge on any atom is 0.416 e. The first-order valence-electron chi connectivity index (χ1n) is 8.01. The van der Waals surface area contributed by atoms with Crippen molar-refractivity contribution >= 4 is 17.9 Å². The molecule has 0 unspecified atom stereocenters. The molecule has 0 fully saturated rings. The topological polar surface area (TPSA) is 69.5 Å². The number of alkyl halides is 3. The lowest BCUT2D eigenvalue weighted by Crippen LogP contribution is -2.11. The first kappa shape index (κ1) is 20.9. The monoisotopic (exact) mass is 394 g/mol. The van der Waals surface area contributed by atoms with Crippen molar-refractivity contribution < 1.29 is 32.4 Å². The van der Waals surface area contributed by atoms with Crippen molar-refractivity contribution in [3.8, 4) is 5.75 Å². The summed E-state index contributed by atoms with van der Waals surface area (Å²) in [6, 6.07) is 11.4. The summed E-state index contributed by atoms with van der Waals surface area (Å²) >= 11 is 0. The summed E-state index contributed by atoms with van der Waals surface area (Å²) in [7, 11) is 1.29. The third kappa shape index (κ3) is 6.11. The van der Waals surface area contributed by atoms with Gasteiger partial charge < -0.3 is 14.4 Å². The number of hydrogen-bond donors (Lipinski definition) is 0. The lowest BCUT2D eigenvalue weighted by Gasteiger charge is -2.09. The van der Waals surface area contributed by atoms with E-state index in [-0.39, 0.29) is 23.6 Å². The lowest BCUT2D eigenvalue weighted by molar-refractivity contribution is -0.137. The van der Waals surface area contributed by atoms with Crippen molar-refractivity contribution in [3.05, 3.63) is 65.2 Å². The van der Waals surface area contributed by atoms with E-state index in [0.29, 0.717) is 5.56 Å². The fourth-order valence-electron chi connectivity index (χ4n) is 2.13. The van der Waals surface area contributed by atoms with Crippen molar-refractivity contribution in [2.45, 2.75) is 19.7 Å². The van der Waals surface area contributed by atoms with Crippen LogP contribution in [0.4, 0.5) is 13.2 Å². The number of benzene rings is 2. The molecule has 2 aromatic rings. The maximum absolute atomic E-state index is 12.8. The molecule has 148 valence electrons. The first-order valence-corrected chi connectivity index (χ1v) is 8.01. The lowest BCUT2D eigenvalue weighted by atomic mass is 10.1. The number of esters is 1. The molecule has 6 nitrogen and oxygen atoms in total. The minimum Gasteiger partial charge on any atom is -0.422 e. The molecule has 28 heavy (non-hydrogen) atoms. The summed E-state index contributed by atoms with van der Waals surface area (Å²) in [5.74, 6) is -0.500. The molecule has 0 atom stereocenters. The second-order valence-corrected chi connectivity index (χ2v) is 5.47. The van der Waals surface area contributed by atoms with Gasteiger partial charge in [-0.1, -0.05) is 40.6 Å². The highest BCUT2D eigenvalue weighted by atomic mass is 19.4. The summed E-state index contributed by atoms with van der Waals surface area (Å²) in [6.07, 6.45) is -3.57. The van der Waals surface area contributed by atoms with Gasteiger partial charge in [-0.05, 0) is 30.7 Å². The standard InChI is InChI=1S/C19H17F3N2O4/c1-13(14-7-5-8-16(10-14)19(20,21)22)24-27-12-15-6-3-4-9-17(15)28-18(25)11-23-26-2/h3-11H,12H2,1-2H3/b23-11+,24-13+. The fourth-order valence-corrected chi connectivity index (χ4v) is 2.13. The van der Waals surface area contributed by atoms with Crippen molar-refractivity contribution in [2.75, 3.05) is 7.11 Å². The third-order valence-electron chi connectivity index (χ3n) is 3.48.